The smallest absolute Gasteiger partial charge is 0.258 e. The molecule has 0 unspecified atom stereocenters. The Balaban J connectivity index is 2.34. The topological polar surface area (TPSA) is 25.2 Å². The van der Waals surface area contributed by atoms with Crippen molar-refractivity contribution >= 4 is 10.8 Å². The molecule has 0 spiro atoms. The van der Waals surface area contributed by atoms with E-state index in [4.69, 9.17) is 0 Å². The summed E-state index contributed by atoms with van der Waals surface area (Å²) < 4.78 is 1.81. The molecule has 0 radical (unpaired) electrons. The average molecular weight is 348 g/mol. The number of pyridine rings is 1. The number of fused-ring (bicyclic) bond motifs is 1. The van der Waals surface area contributed by atoms with Crippen molar-refractivity contribution in [2.75, 3.05) is 0 Å². The van der Waals surface area contributed by atoms with E-state index in [-0.39, 0.29) is 5.56 Å². The van der Waals surface area contributed by atoms with Gasteiger partial charge in [0.1, 0.15) is 0 Å². The molecule has 0 atom stereocenters. The van der Waals surface area contributed by atoms with Crippen LogP contribution in [0.2, 0.25) is 0 Å². The molecule has 3 nitrogen and oxygen atoms in total. The fraction of sp³-hybridized carbons (Fsp3) is 0.348. The summed E-state index contributed by atoms with van der Waals surface area (Å²) in [6.45, 7) is 9.73. The number of hydrogen-bond acceptors (Lipinski definition) is 2. The highest BCUT2D eigenvalue weighted by molar-refractivity contribution is 5.89. The molecule has 1 aromatic heterocycles. The van der Waals surface area contributed by atoms with Gasteiger partial charge in [-0.2, -0.15) is 0 Å². The van der Waals surface area contributed by atoms with Crippen LogP contribution in [0.25, 0.3) is 22.0 Å². The summed E-state index contributed by atoms with van der Waals surface area (Å²) >= 11 is 0. The monoisotopic (exact) mass is 348 g/mol. The number of benzene rings is 2. The lowest BCUT2D eigenvalue weighted by atomic mass is 9.97. The van der Waals surface area contributed by atoms with Gasteiger partial charge in [0.25, 0.3) is 5.56 Å². The molecular formula is C23H28N2O. The number of aromatic nitrogens is 1. The van der Waals surface area contributed by atoms with E-state index in [1.54, 1.807) is 0 Å². The maximum atomic E-state index is 13.0. The van der Waals surface area contributed by atoms with Gasteiger partial charge >= 0.3 is 0 Å². The van der Waals surface area contributed by atoms with E-state index < -0.39 is 0 Å². The van der Waals surface area contributed by atoms with Crippen molar-refractivity contribution in [3.63, 3.8) is 0 Å². The summed E-state index contributed by atoms with van der Waals surface area (Å²) in [5.41, 5.74) is 3.38. The van der Waals surface area contributed by atoms with Gasteiger partial charge in [0.2, 0.25) is 0 Å². The number of hydrogen-bond donors (Lipinski definition) is 0. The van der Waals surface area contributed by atoms with Gasteiger partial charge in [-0.05, 0) is 50.3 Å². The van der Waals surface area contributed by atoms with E-state index in [0.29, 0.717) is 12.1 Å². The molecule has 0 saturated carbocycles. The number of rotatable bonds is 5. The second kappa shape index (κ2) is 7.46. The molecule has 0 N–H and O–H groups in total. The minimum atomic E-state index is 0.0591. The van der Waals surface area contributed by atoms with Gasteiger partial charge in [-0.1, -0.05) is 48.5 Å². The first-order valence-electron chi connectivity index (χ1n) is 9.33. The average Bonchev–Trinajstić information content (AvgIpc) is 2.63. The van der Waals surface area contributed by atoms with Crippen LogP contribution in [0.5, 0.6) is 0 Å². The molecule has 26 heavy (non-hydrogen) atoms. The maximum absolute atomic E-state index is 13.0. The van der Waals surface area contributed by atoms with Crippen LogP contribution >= 0.6 is 0 Å². The molecule has 0 aliphatic rings. The summed E-state index contributed by atoms with van der Waals surface area (Å²) in [5.74, 6) is 0. The van der Waals surface area contributed by atoms with E-state index in [1.807, 2.05) is 48.0 Å². The summed E-state index contributed by atoms with van der Waals surface area (Å²) in [7, 11) is 1.88. The zero-order valence-corrected chi connectivity index (χ0v) is 16.4. The maximum Gasteiger partial charge on any atom is 0.258 e. The normalized spacial score (nSPS) is 11.8. The lowest BCUT2D eigenvalue weighted by Gasteiger charge is -2.32. The molecule has 0 bridgehead atoms. The summed E-state index contributed by atoms with van der Waals surface area (Å²) in [6.07, 6.45) is 0. The third kappa shape index (κ3) is 3.32. The lowest BCUT2D eigenvalue weighted by Crippen LogP contribution is -2.37. The fourth-order valence-corrected chi connectivity index (χ4v) is 3.81. The SMILES string of the molecule is CC(C)N(Cc1c(-c2ccccc2)n(C)c(=O)c2ccccc12)C(C)C. The van der Waals surface area contributed by atoms with Gasteiger partial charge in [0.05, 0.1) is 5.69 Å². The van der Waals surface area contributed by atoms with Crippen molar-refractivity contribution in [3.8, 4) is 11.3 Å². The molecule has 0 aliphatic carbocycles. The zero-order chi connectivity index (χ0) is 18.8. The van der Waals surface area contributed by atoms with Crippen LogP contribution in [0.4, 0.5) is 0 Å². The molecule has 3 aromatic rings. The highest BCUT2D eigenvalue weighted by Gasteiger charge is 2.21. The van der Waals surface area contributed by atoms with E-state index in [1.165, 1.54) is 5.56 Å². The molecular weight excluding hydrogens is 320 g/mol. The second-order valence-corrected chi connectivity index (χ2v) is 7.46. The molecule has 1 heterocycles. The third-order valence-corrected chi connectivity index (χ3v) is 5.12. The predicted octanol–water partition coefficient (Wildman–Crippen LogP) is 4.82. The molecule has 136 valence electrons. The Morgan fingerprint density at radius 3 is 1.96 bits per heavy atom. The highest BCUT2D eigenvalue weighted by Crippen LogP contribution is 2.30. The predicted molar refractivity (Wildman–Crippen MR) is 110 cm³/mol. The van der Waals surface area contributed by atoms with E-state index in [2.05, 4.69) is 50.8 Å². The Kier molecular flexibility index (Phi) is 5.28. The van der Waals surface area contributed by atoms with Gasteiger partial charge in [-0.15, -0.1) is 0 Å². The van der Waals surface area contributed by atoms with Crippen LogP contribution in [0.15, 0.2) is 59.4 Å². The van der Waals surface area contributed by atoms with Crippen LogP contribution < -0.4 is 5.56 Å². The first kappa shape index (κ1) is 18.4. The van der Waals surface area contributed by atoms with Crippen LogP contribution in [-0.4, -0.2) is 21.6 Å². The molecule has 2 aromatic carbocycles. The van der Waals surface area contributed by atoms with Crippen molar-refractivity contribution in [3.05, 3.63) is 70.5 Å². The Morgan fingerprint density at radius 2 is 1.38 bits per heavy atom. The van der Waals surface area contributed by atoms with Crippen molar-refractivity contribution in [2.24, 2.45) is 7.05 Å². The summed E-state index contributed by atoms with van der Waals surface area (Å²) in [6, 6.07) is 19.1. The lowest BCUT2D eigenvalue weighted by molar-refractivity contribution is 0.166. The molecule has 0 saturated heterocycles. The van der Waals surface area contributed by atoms with Gasteiger partial charge < -0.3 is 4.57 Å². The Hall–Kier alpha value is -2.39. The van der Waals surface area contributed by atoms with Crippen LogP contribution in [-0.2, 0) is 13.6 Å². The van der Waals surface area contributed by atoms with Gasteiger partial charge in [0, 0.05) is 31.1 Å². The number of nitrogens with zero attached hydrogens (tertiary/aromatic N) is 2. The quantitative estimate of drug-likeness (QED) is 0.660. The van der Waals surface area contributed by atoms with Gasteiger partial charge in [0.15, 0.2) is 0 Å². The molecule has 0 fully saturated rings. The third-order valence-electron chi connectivity index (χ3n) is 5.12. The fourth-order valence-electron chi connectivity index (χ4n) is 3.81. The Bertz CT molecular complexity index is 947. The minimum absolute atomic E-state index is 0.0591. The first-order valence-corrected chi connectivity index (χ1v) is 9.33. The first-order chi connectivity index (χ1) is 12.4. The van der Waals surface area contributed by atoms with Crippen molar-refractivity contribution < 1.29 is 0 Å². The Morgan fingerprint density at radius 1 is 0.846 bits per heavy atom. The van der Waals surface area contributed by atoms with Crippen molar-refractivity contribution in [2.45, 2.75) is 46.3 Å². The van der Waals surface area contributed by atoms with E-state index >= 15 is 0 Å². The van der Waals surface area contributed by atoms with E-state index in [0.717, 1.165) is 28.6 Å². The van der Waals surface area contributed by atoms with Crippen LogP contribution in [0.3, 0.4) is 0 Å². The highest BCUT2D eigenvalue weighted by atomic mass is 16.1. The minimum Gasteiger partial charge on any atom is -0.310 e. The van der Waals surface area contributed by atoms with E-state index in [9.17, 15) is 4.79 Å². The summed E-state index contributed by atoms with van der Waals surface area (Å²) in [4.78, 5) is 15.4. The van der Waals surface area contributed by atoms with Gasteiger partial charge in [-0.3, -0.25) is 9.69 Å². The van der Waals surface area contributed by atoms with Gasteiger partial charge in [-0.25, -0.2) is 0 Å². The Labute approximate surface area is 155 Å². The standard InChI is InChI=1S/C23H28N2O/c1-16(2)25(17(3)4)15-21-19-13-9-10-14-20(19)23(26)24(5)22(21)18-11-7-6-8-12-18/h6-14,16-17H,15H2,1-5H3. The largest absolute Gasteiger partial charge is 0.310 e. The second-order valence-electron chi connectivity index (χ2n) is 7.46. The molecule has 3 rings (SSSR count). The van der Waals surface area contributed by atoms with Crippen molar-refractivity contribution in [1.82, 2.24) is 9.47 Å². The summed E-state index contributed by atoms with van der Waals surface area (Å²) in [5, 5.41) is 1.85. The van der Waals surface area contributed by atoms with Crippen molar-refractivity contribution in [1.29, 1.82) is 0 Å². The molecule has 0 aliphatic heterocycles. The van der Waals surface area contributed by atoms with Crippen LogP contribution in [0, 0.1) is 0 Å². The molecule has 0 amide bonds. The molecule has 3 heteroatoms. The zero-order valence-electron chi connectivity index (χ0n) is 16.4. The van der Waals surface area contributed by atoms with Crippen LogP contribution in [0.1, 0.15) is 33.3 Å².